The van der Waals surface area contributed by atoms with Gasteiger partial charge in [0, 0.05) is 43.8 Å². The van der Waals surface area contributed by atoms with E-state index in [0.29, 0.717) is 38.7 Å². The van der Waals surface area contributed by atoms with Crippen LogP contribution in [0.15, 0.2) is 17.1 Å². The number of halogens is 4. The van der Waals surface area contributed by atoms with Gasteiger partial charge in [0.1, 0.15) is 5.82 Å². The summed E-state index contributed by atoms with van der Waals surface area (Å²) >= 11 is 6.01. The lowest BCUT2D eigenvalue weighted by molar-refractivity contribution is -0.137. The summed E-state index contributed by atoms with van der Waals surface area (Å²) in [5.74, 6) is 0.352. The van der Waals surface area contributed by atoms with E-state index in [2.05, 4.69) is 14.9 Å². The second-order valence-corrected chi connectivity index (χ2v) is 6.75. The lowest BCUT2D eigenvalue weighted by atomic mass is 10.2. The number of nitrogens with one attached hydrogen (secondary N) is 1. The van der Waals surface area contributed by atoms with Crippen molar-refractivity contribution in [2.45, 2.75) is 26.7 Å². The van der Waals surface area contributed by atoms with Crippen molar-refractivity contribution >= 4 is 17.4 Å². The summed E-state index contributed by atoms with van der Waals surface area (Å²) in [4.78, 5) is 22.6. The van der Waals surface area contributed by atoms with Gasteiger partial charge in [-0.2, -0.15) is 13.2 Å². The number of imidazole rings is 1. The van der Waals surface area contributed by atoms with Crippen molar-refractivity contribution < 1.29 is 13.2 Å². The molecule has 0 amide bonds. The van der Waals surface area contributed by atoms with E-state index < -0.39 is 11.7 Å². The summed E-state index contributed by atoms with van der Waals surface area (Å²) in [6.45, 7) is 6.63. The van der Waals surface area contributed by atoms with Gasteiger partial charge < -0.3 is 9.88 Å². The molecule has 26 heavy (non-hydrogen) atoms. The Morgan fingerprint density at radius 3 is 2.38 bits per heavy atom. The van der Waals surface area contributed by atoms with Crippen LogP contribution < -0.4 is 10.6 Å². The van der Waals surface area contributed by atoms with Crippen molar-refractivity contribution in [3.8, 4) is 0 Å². The smallest absolute Gasteiger partial charge is 0.353 e. The van der Waals surface area contributed by atoms with Crippen molar-refractivity contribution in [1.82, 2.24) is 19.4 Å². The third-order valence-electron chi connectivity index (χ3n) is 4.65. The predicted octanol–water partition coefficient (Wildman–Crippen LogP) is 2.64. The number of alkyl halides is 3. The quantitative estimate of drug-likeness (QED) is 0.876. The van der Waals surface area contributed by atoms with Gasteiger partial charge in [0.25, 0.3) is 0 Å². The first-order valence-electron chi connectivity index (χ1n) is 8.13. The van der Waals surface area contributed by atoms with Gasteiger partial charge in [0.05, 0.1) is 17.3 Å². The van der Waals surface area contributed by atoms with Crippen LogP contribution in [0.25, 0.3) is 0 Å². The summed E-state index contributed by atoms with van der Waals surface area (Å²) in [6, 6.07) is 0.905. The Morgan fingerprint density at radius 1 is 1.23 bits per heavy atom. The van der Waals surface area contributed by atoms with Gasteiger partial charge in [0.15, 0.2) is 0 Å². The number of hydrogen-bond donors (Lipinski definition) is 1. The van der Waals surface area contributed by atoms with Crippen LogP contribution in [0, 0.1) is 13.8 Å². The molecule has 2 aromatic heterocycles. The number of hydrogen-bond acceptors (Lipinski definition) is 4. The maximum atomic E-state index is 12.7. The normalized spacial score (nSPS) is 16.3. The van der Waals surface area contributed by atoms with Crippen molar-refractivity contribution in [1.29, 1.82) is 0 Å². The molecule has 3 heterocycles. The van der Waals surface area contributed by atoms with E-state index >= 15 is 0 Å². The summed E-state index contributed by atoms with van der Waals surface area (Å²) in [5.41, 5.74) is 0.733. The number of nitrogens with zero attached hydrogens (tertiary/aromatic N) is 4. The molecule has 0 radical (unpaired) electrons. The molecule has 0 atom stereocenters. The fourth-order valence-electron chi connectivity index (χ4n) is 2.96. The molecule has 3 rings (SSSR count). The van der Waals surface area contributed by atoms with Crippen molar-refractivity contribution in [2.75, 3.05) is 31.1 Å². The zero-order valence-corrected chi connectivity index (χ0v) is 15.2. The lowest BCUT2D eigenvalue weighted by Crippen LogP contribution is -2.48. The molecule has 10 heteroatoms. The molecule has 0 bridgehead atoms. The van der Waals surface area contributed by atoms with Crippen LogP contribution in [-0.4, -0.2) is 45.6 Å². The average Bonchev–Trinajstić information content (AvgIpc) is 2.81. The first kappa shape index (κ1) is 18.8. The standard InChI is InChI=1S/C16H19ClF3N5O/c1-10-11(2)25(15(26)22-10)9-23-3-5-24(6-4-23)14-13(17)7-12(8-21-14)16(18,19)20/h7-8H,3-6,9H2,1-2H3,(H,22,26). The van der Waals surface area contributed by atoms with Crippen molar-refractivity contribution in [3.05, 3.63) is 44.7 Å². The van der Waals surface area contributed by atoms with E-state index in [4.69, 9.17) is 11.6 Å². The number of H-pyrrole nitrogens is 1. The molecule has 0 spiro atoms. The van der Waals surface area contributed by atoms with Crippen LogP contribution in [0.4, 0.5) is 19.0 Å². The first-order chi connectivity index (χ1) is 12.2. The maximum absolute atomic E-state index is 12.7. The molecule has 1 N–H and O–H groups in total. The SMILES string of the molecule is Cc1[nH]c(=O)n(CN2CCN(c3ncc(C(F)(F)F)cc3Cl)CC2)c1C. The monoisotopic (exact) mass is 389 g/mol. The number of aryl methyl sites for hydroxylation is 1. The average molecular weight is 390 g/mol. The predicted molar refractivity (Wildman–Crippen MR) is 92.6 cm³/mol. The van der Waals surface area contributed by atoms with Crippen LogP contribution in [-0.2, 0) is 12.8 Å². The number of rotatable bonds is 3. The minimum atomic E-state index is -4.46. The van der Waals surface area contributed by atoms with Crippen LogP contribution in [0.3, 0.4) is 0 Å². The Hall–Kier alpha value is -2.00. The summed E-state index contributed by atoms with van der Waals surface area (Å²) < 4.78 is 39.8. The lowest BCUT2D eigenvalue weighted by Gasteiger charge is -2.35. The van der Waals surface area contributed by atoms with Gasteiger partial charge in [-0.1, -0.05) is 11.6 Å². The number of anilines is 1. The molecule has 0 unspecified atom stereocenters. The molecule has 1 saturated heterocycles. The van der Waals surface area contributed by atoms with E-state index in [-0.39, 0.29) is 10.7 Å². The topological polar surface area (TPSA) is 57.2 Å². The Kier molecular flexibility index (Phi) is 5.03. The zero-order valence-electron chi connectivity index (χ0n) is 14.4. The molecular weight excluding hydrogens is 371 g/mol. The van der Waals surface area contributed by atoms with Crippen LogP contribution >= 0.6 is 11.6 Å². The number of aromatic amines is 1. The van der Waals surface area contributed by atoms with E-state index in [0.717, 1.165) is 23.7 Å². The Balaban J connectivity index is 1.66. The fraction of sp³-hybridized carbons (Fsp3) is 0.500. The van der Waals surface area contributed by atoms with E-state index in [1.165, 1.54) is 0 Å². The molecule has 0 aromatic carbocycles. The summed E-state index contributed by atoms with van der Waals surface area (Å²) in [7, 11) is 0. The molecule has 0 saturated carbocycles. The van der Waals surface area contributed by atoms with Gasteiger partial charge >= 0.3 is 11.9 Å². The first-order valence-corrected chi connectivity index (χ1v) is 8.50. The minimum Gasteiger partial charge on any atom is -0.353 e. The van der Waals surface area contributed by atoms with Gasteiger partial charge in [-0.25, -0.2) is 9.78 Å². The van der Waals surface area contributed by atoms with Gasteiger partial charge in [0.2, 0.25) is 0 Å². The van der Waals surface area contributed by atoms with Crippen LogP contribution in [0.1, 0.15) is 17.0 Å². The number of piperazine rings is 1. The highest BCUT2D eigenvalue weighted by Crippen LogP contribution is 2.33. The molecular formula is C16H19ClF3N5O. The number of pyridine rings is 1. The van der Waals surface area contributed by atoms with Gasteiger partial charge in [-0.05, 0) is 19.9 Å². The Labute approximate surface area is 153 Å². The van der Waals surface area contributed by atoms with Gasteiger partial charge in [-0.3, -0.25) is 9.47 Å². The molecule has 0 aliphatic carbocycles. The highest BCUT2D eigenvalue weighted by molar-refractivity contribution is 6.33. The molecule has 2 aromatic rings. The third-order valence-corrected chi connectivity index (χ3v) is 4.93. The van der Waals surface area contributed by atoms with E-state index in [1.54, 1.807) is 4.57 Å². The van der Waals surface area contributed by atoms with Crippen molar-refractivity contribution in [2.24, 2.45) is 0 Å². The largest absolute Gasteiger partial charge is 0.417 e. The highest BCUT2D eigenvalue weighted by atomic mass is 35.5. The fourth-order valence-corrected chi connectivity index (χ4v) is 3.25. The molecule has 1 fully saturated rings. The molecule has 1 aliphatic rings. The molecule has 1 aliphatic heterocycles. The van der Waals surface area contributed by atoms with Gasteiger partial charge in [-0.15, -0.1) is 0 Å². The second kappa shape index (κ2) is 6.96. The highest BCUT2D eigenvalue weighted by Gasteiger charge is 2.32. The Morgan fingerprint density at radius 2 is 1.88 bits per heavy atom. The van der Waals surface area contributed by atoms with Crippen molar-refractivity contribution in [3.63, 3.8) is 0 Å². The minimum absolute atomic E-state index is 0.0124. The van der Waals surface area contributed by atoms with E-state index in [1.807, 2.05) is 18.7 Å². The maximum Gasteiger partial charge on any atom is 0.417 e. The number of aromatic nitrogens is 3. The van der Waals surface area contributed by atoms with Crippen LogP contribution in [0.2, 0.25) is 5.02 Å². The Bertz CT molecular complexity index is 853. The zero-order chi connectivity index (χ0) is 19.1. The summed E-state index contributed by atoms with van der Waals surface area (Å²) in [6.07, 6.45) is -3.66. The molecule has 6 nitrogen and oxygen atoms in total. The van der Waals surface area contributed by atoms with Crippen LogP contribution in [0.5, 0.6) is 0 Å². The third kappa shape index (κ3) is 3.73. The molecule has 142 valence electrons. The summed E-state index contributed by atoms with van der Waals surface area (Å²) in [5, 5.41) is -0.0124. The van der Waals surface area contributed by atoms with E-state index in [9.17, 15) is 18.0 Å². The second-order valence-electron chi connectivity index (χ2n) is 6.34.